The van der Waals surface area contributed by atoms with Crippen molar-refractivity contribution in [3.8, 4) is 17.2 Å². The first kappa shape index (κ1) is 11.7. The van der Waals surface area contributed by atoms with Gasteiger partial charge in [0, 0.05) is 6.07 Å². The number of benzene rings is 1. The molecule has 0 saturated heterocycles. The maximum absolute atomic E-state index is 10.9. The third-order valence-electron chi connectivity index (χ3n) is 1.95. The molecule has 0 radical (unpaired) electrons. The van der Waals surface area contributed by atoms with Gasteiger partial charge in [0.05, 0.1) is 31.9 Å². The second-order valence-electron chi connectivity index (χ2n) is 2.66. The minimum absolute atomic E-state index is 0.213. The van der Waals surface area contributed by atoms with E-state index < -0.39 is 0 Å². The Bertz CT molecular complexity index is 376. The van der Waals surface area contributed by atoms with Gasteiger partial charge in [-0.25, -0.2) is 0 Å². The molecule has 0 fully saturated rings. The molecule has 0 N–H and O–H groups in total. The Balaban J connectivity index is 3.49. The van der Waals surface area contributed by atoms with E-state index >= 15 is 0 Å². The fourth-order valence-corrected chi connectivity index (χ4v) is 1.49. The number of aldehydes is 1. The standard InChI is InChI=1S/C10H11ClO4/c1-13-7-4-8(14-2)10(15-3)6(5-12)9(7)11/h4-5H,1-3H3. The van der Waals surface area contributed by atoms with E-state index in [9.17, 15) is 4.79 Å². The van der Waals surface area contributed by atoms with Gasteiger partial charge >= 0.3 is 0 Å². The first-order valence-corrected chi connectivity index (χ1v) is 4.51. The van der Waals surface area contributed by atoms with Crippen LogP contribution >= 0.6 is 11.6 Å². The van der Waals surface area contributed by atoms with Crippen molar-refractivity contribution in [2.24, 2.45) is 0 Å². The summed E-state index contributed by atoms with van der Waals surface area (Å²) in [7, 11) is 4.37. The van der Waals surface area contributed by atoms with E-state index in [-0.39, 0.29) is 10.6 Å². The van der Waals surface area contributed by atoms with Crippen LogP contribution in [0.2, 0.25) is 5.02 Å². The van der Waals surface area contributed by atoms with Gasteiger partial charge in [0.25, 0.3) is 0 Å². The summed E-state index contributed by atoms with van der Waals surface area (Å²) in [5.41, 5.74) is 0.218. The number of hydrogen-bond donors (Lipinski definition) is 0. The highest BCUT2D eigenvalue weighted by Crippen LogP contribution is 2.41. The van der Waals surface area contributed by atoms with Crippen LogP contribution < -0.4 is 14.2 Å². The Kier molecular flexibility index (Phi) is 3.80. The van der Waals surface area contributed by atoms with Gasteiger partial charge in [0.1, 0.15) is 5.75 Å². The number of methoxy groups -OCH3 is 3. The van der Waals surface area contributed by atoms with Crippen molar-refractivity contribution in [1.29, 1.82) is 0 Å². The molecule has 5 heteroatoms. The SMILES string of the molecule is COc1cc(OC)c(OC)c(C=O)c1Cl. The molecule has 0 heterocycles. The third-order valence-corrected chi connectivity index (χ3v) is 2.34. The molecule has 0 atom stereocenters. The fraction of sp³-hybridized carbons (Fsp3) is 0.300. The van der Waals surface area contributed by atoms with Crippen molar-refractivity contribution < 1.29 is 19.0 Å². The number of carbonyl (C=O) groups excluding carboxylic acids is 1. The fourth-order valence-electron chi connectivity index (χ4n) is 1.23. The van der Waals surface area contributed by atoms with E-state index in [1.807, 2.05) is 0 Å². The maximum Gasteiger partial charge on any atom is 0.173 e. The monoisotopic (exact) mass is 230 g/mol. The summed E-state index contributed by atoms with van der Waals surface area (Å²) >= 11 is 5.93. The molecule has 82 valence electrons. The van der Waals surface area contributed by atoms with Gasteiger partial charge in [0.2, 0.25) is 0 Å². The van der Waals surface area contributed by atoms with E-state index in [4.69, 9.17) is 25.8 Å². The lowest BCUT2D eigenvalue weighted by Gasteiger charge is -2.13. The summed E-state index contributed by atoms with van der Waals surface area (Å²) in [6, 6.07) is 1.56. The highest BCUT2D eigenvalue weighted by molar-refractivity contribution is 6.34. The Morgan fingerprint density at radius 3 is 2.13 bits per heavy atom. The van der Waals surface area contributed by atoms with Gasteiger partial charge < -0.3 is 14.2 Å². The summed E-state index contributed by atoms with van der Waals surface area (Å²) in [6.45, 7) is 0. The molecule has 0 aliphatic heterocycles. The molecular weight excluding hydrogens is 220 g/mol. The minimum atomic E-state index is 0.213. The van der Waals surface area contributed by atoms with Gasteiger partial charge in [-0.3, -0.25) is 4.79 Å². The van der Waals surface area contributed by atoms with E-state index in [1.165, 1.54) is 21.3 Å². The Morgan fingerprint density at radius 2 is 1.73 bits per heavy atom. The average Bonchev–Trinajstić information content (AvgIpc) is 2.28. The average molecular weight is 231 g/mol. The van der Waals surface area contributed by atoms with Crippen molar-refractivity contribution in [2.45, 2.75) is 0 Å². The second kappa shape index (κ2) is 4.89. The highest BCUT2D eigenvalue weighted by Gasteiger charge is 2.18. The quantitative estimate of drug-likeness (QED) is 0.744. The highest BCUT2D eigenvalue weighted by atomic mass is 35.5. The van der Waals surface area contributed by atoms with Crippen LogP contribution in [0, 0.1) is 0 Å². The molecule has 0 aliphatic rings. The van der Waals surface area contributed by atoms with Crippen molar-refractivity contribution in [3.05, 3.63) is 16.7 Å². The second-order valence-corrected chi connectivity index (χ2v) is 3.04. The van der Waals surface area contributed by atoms with Crippen LogP contribution in [0.1, 0.15) is 10.4 Å². The van der Waals surface area contributed by atoms with E-state index in [2.05, 4.69) is 0 Å². The first-order valence-electron chi connectivity index (χ1n) is 4.13. The van der Waals surface area contributed by atoms with Crippen LogP contribution in [0.25, 0.3) is 0 Å². The van der Waals surface area contributed by atoms with E-state index in [0.717, 1.165) is 0 Å². The number of rotatable bonds is 4. The predicted octanol–water partition coefficient (Wildman–Crippen LogP) is 2.18. The largest absolute Gasteiger partial charge is 0.495 e. The molecule has 0 bridgehead atoms. The van der Waals surface area contributed by atoms with Crippen LogP contribution in [-0.2, 0) is 0 Å². The molecule has 0 saturated carbocycles. The smallest absolute Gasteiger partial charge is 0.173 e. The molecule has 1 rings (SSSR count). The molecule has 0 amide bonds. The third kappa shape index (κ3) is 1.99. The van der Waals surface area contributed by atoms with Crippen LogP contribution in [0.15, 0.2) is 6.07 Å². The summed E-state index contributed by atoms with van der Waals surface area (Å²) in [5, 5.41) is 0.213. The van der Waals surface area contributed by atoms with Crippen LogP contribution in [-0.4, -0.2) is 27.6 Å². The zero-order valence-electron chi connectivity index (χ0n) is 8.67. The molecule has 1 aromatic rings. The lowest BCUT2D eigenvalue weighted by atomic mass is 10.2. The van der Waals surface area contributed by atoms with Crippen LogP contribution in [0.3, 0.4) is 0 Å². The molecular formula is C10H11ClO4. The topological polar surface area (TPSA) is 44.8 Å². The van der Waals surface area contributed by atoms with Gasteiger partial charge in [-0.2, -0.15) is 0 Å². The number of halogens is 1. The first-order chi connectivity index (χ1) is 7.19. The minimum Gasteiger partial charge on any atom is -0.495 e. The molecule has 0 aromatic heterocycles. The van der Waals surface area contributed by atoms with Crippen molar-refractivity contribution in [1.82, 2.24) is 0 Å². The lowest BCUT2D eigenvalue weighted by molar-refractivity contribution is 0.111. The Hall–Kier alpha value is -1.42. The summed E-state index contributed by atoms with van der Waals surface area (Å²) in [5.74, 6) is 1.08. The van der Waals surface area contributed by atoms with E-state index in [0.29, 0.717) is 23.5 Å². The number of ether oxygens (including phenoxy) is 3. The van der Waals surface area contributed by atoms with Gasteiger partial charge in [-0.1, -0.05) is 11.6 Å². The zero-order chi connectivity index (χ0) is 11.4. The predicted molar refractivity (Wildman–Crippen MR) is 56.5 cm³/mol. The van der Waals surface area contributed by atoms with Crippen molar-refractivity contribution >= 4 is 17.9 Å². The normalized spacial score (nSPS) is 9.60. The molecule has 0 unspecified atom stereocenters. The number of carbonyl (C=O) groups is 1. The zero-order valence-corrected chi connectivity index (χ0v) is 9.42. The maximum atomic E-state index is 10.9. The molecule has 0 aliphatic carbocycles. The van der Waals surface area contributed by atoms with Gasteiger partial charge in [0.15, 0.2) is 17.8 Å². The van der Waals surface area contributed by atoms with E-state index in [1.54, 1.807) is 6.07 Å². The van der Waals surface area contributed by atoms with Crippen molar-refractivity contribution in [3.63, 3.8) is 0 Å². The van der Waals surface area contributed by atoms with Crippen molar-refractivity contribution in [2.75, 3.05) is 21.3 Å². The van der Waals surface area contributed by atoms with Crippen LogP contribution in [0.4, 0.5) is 0 Å². The summed E-state index contributed by atoms with van der Waals surface area (Å²) in [6.07, 6.45) is 0.603. The number of hydrogen-bond acceptors (Lipinski definition) is 4. The lowest BCUT2D eigenvalue weighted by Crippen LogP contribution is -1.98. The van der Waals surface area contributed by atoms with Gasteiger partial charge in [-0.15, -0.1) is 0 Å². The molecule has 1 aromatic carbocycles. The molecule has 0 spiro atoms. The Morgan fingerprint density at radius 1 is 1.13 bits per heavy atom. The summed E-state index contributed by atoms with van der Waals surface area (Å²) < 4.78 is 15.1. The van der Waals surface area contributed by atoms with Crippen LogP contribution in [0.5, 0.6) is 17.2 Å². The summed E-state index contributed by atoms with van der Waals surface area (Å²) in [4.78, 5) is 10.9. The molecule has 15 heavy (non-hydrogen) atoms. The Labute approximate surface area is 92.7 Å². The van der Waals surface area contributed by atoms with Gasteiger partial charge in [-0.05, 0) is 0 Å². The molecule has 4 nitrogen and oxygen atoms in total.